The highest BCUT2D eigenvalue weighted by atomic mass is 16.5. The zero-order chi connectivity index (χ0) is 19.4. The van der Waals surface area contributed by atoms with Crippen LogP contribution in [0.3, 0.4) is 0 Å². The molecule has 0 saturated carbocycles. The van der Waals surface area contributed by atoms with Crippen LogP contribution in [-0.2, 0) is 21.5 Å². The van der Waals surface area contributed by atoms with Gasteiger partial charge in [-0.25, -0.2) is 0 Å². The van der Waals surface area contributed by atoms with E-state index in [0.29, 0.717) is 6.61 Å². The molecular formula is C24H31NO2. The van der Waals surface area contributed by atoms with Crippen molar-refractivity contribution < 1.29 is 9.53 Å². The molecule has 0 radical (unpaired) electrons. The third kappa shape index (κ3) is 4.78. The van der Waals surface area contributed by atoms with Crippen LogP contribution in [0.2, 0.25) is 0 Å². The van der Waals surface area contributed by atoms with Crippen LogP contribution in [0, 0.1) is 5.92 Å². The Kier molecular flexibility index (Phi) is 6.01. The third-order valence-corrected chi connectivity index (χ3v) is 5.44. The summed E-state index contributed by atoms with van der Waals surface area (Å²) >= 11 is 0. The topological polar surface area (TPSA) is 29.5 Å². The maximum Gasteiger partial charge on any atom is 0.310 e. The summed E-state index contributed by atoms with van der Waals surface area (Å²) in [6.07, 6.45) is 0. The maximum atomic E-state index is 12.6. The lowest BCUT2D eigenvalue weighted by Crippen LogP contribution is -2.25. The van der Waals surface area contributed by atoms with Crippen molar-refractivity contribution in [1.29, 1.82) is 0 Å². The molecule has 0 N–H and O–H groups in total. The van der Waals surface area contributed by atoms with E-state index < -0.39 is 0 Å². The van der Waals surface area contributed by atoms with Gasteiger partial charge in [-0.2, -0.15) is 0 Å². The van der Waals surface area contributed by atoms with Gasteiger partial charge in [0.05, 0.1) is 12.5 Å². The lowest BCUT2D eigenvalue weighted by atomic mass is 9.83. The number of carbonyl (C=O) groups excluding carboxylic acids is 1. The normalized spacial score (nSPS) is 20.6. The molecule has 144 valence electrons. The van der Waals surface area contributed by atoms with E-state index >= 15 is 0 Å². The van der Waals surface area contributed by atoms with Gasteiger partial charge in [-0.05, 0) is 29.0 Å². The largest absolute Gasteiger partial charge is 0.466 e. The molecule has 0 bridgehead atoms. The molecule has 0 aromatic heterocycles. The summed E-state index contributed by atoms with van der Waals surface area (Å²) in [6, 6.07) is 19.3. The standard InChI is InChI=1S/C24H31NO2/c1-5-27-23(26)22-17-25(15-18-9-7-6-8-10-18)16-21(22)19-11-13-20(14-12-19)24(2,3)4/h6-14,21-22H,5,15-17H2,1-4H3. The molecule has 2 unspecified atom stereocenters. The van der Waals surface area contributed by atoms with Gasteiger partial charge < -0.3 is 4.74 Å². The Bertz CT molecular complexity index is 746. The second-order valence-electron chi connectivity index (χ2n) is 8.52. The molecule has 2 aromatic carbocycles. The first-order valence-corrected chi connectivity index (χ1v) is 9.92. The van der Waals surface area contributed by atoms with Gasteiger partial charge in [-0.1, -0.05) is 75.4 Å². The number of hydrogen-bond acceptors (Lipinski definition) is 3. The summed E-state index contributed by atoms with van der Waals surface area (Å²) in [5.41, 5.74) is 3.96. The minimum atomic E-state index is -0.103. The van der Waals surface area contributed by atoms with Crippen LogP contribution in [-0.4, -0.2) is 30.6 Å². The predicted molar refractivity (Wildman–Crippen MR) is 110 cm³/mol. The second-order valence-corrected chi connectivity index (χ2v) is 8.52. The van der Waals surface area contributed by atoms with Crippen LogP contribution in [0.4, 0.5) is 0 Å². The highest BCUT2D eigenvalue weighted by Crippen LogP contribution is 2.35. The Balaban J connectivity index is 1.80. The summed E-state index contributed by atoms with van der Waals surface area (Å²) in [4.78, 5) is 15.0. The van der Waals surface area contributed by atoms with Crippen molar-refractivity contribution in [3.63, 3.8) is 0 Å². The Morgan fingerprint density at radius 3 is 2.30 bits per heavy atom. The molecule has 1 fully saturated rings. The molecule has 3 rings (SSSR count). The van der Waals surface area contributed by atoms with Crippen molar-refractivity contribution in [1.82, 2.24) is 4.90 Å². The van der Waals surface area contributed by atoms with E-state index in [9.17, 15) is 4.79 Å². The van der Waals surface area contributed by atoms with Crippen molar-refractivity contribution in [2.24, 2.45) is 5.92 Å². The van der Waals surface area contributed by atoms with Gasteiger partial charge >= 0.3 is 5.97 Å². The quantitative estimate of drug-likeness (QED) is 0.715. The lowest BCUT2D eigenvalue weighted by Gasteiger charge is -2.22. The van der Waals surface area contributed by atoms with Gasteiger partial charge in [0.25, 0.3) is 0 Å². The zero-order valence-corrected chi connectivity index (χ0v) is 16.9. The van der Waals surface area contributed by atoms with E-state index in [2.05, 4.69) is 74.2 Å². The van der Waals surface area contributed by atoms with E-state index in [0.717, 1.165) is 19.6 Å². The van der Waals surface area contributed by atoms with E-state index in [-0.39, 0.29) is 23.2 Å². The maximum absolute atomic E-state index is 12.6. The van der Waals surface area contributed by atoms with Gasteiger partial charge in [0.15, 0.2) is 0 Å². The van der Waals surface area contributed by atoms with Crippen LogP contribution >= 0.6 is 0 Å². The molecule has 1 heterocycles. The predicted octanol–water partition coefficient (Wildman–Crippen LogP) is 4.76. The second kappa shape index (κ2) is 8.26. The number of nitrogens with zero attached hydrogens (tertiary/aromatic N) is 1. The van der Waals surface area contributed by atoms with Crippen molar-refractivity contribution in [2.75, 3.05) is 19.7 Å². The number of likely N-dealkylation sites (tertiary alicyclic amines) is 1. The first-order chi connectivity index (χ1) is 12.9. The fourth-order valence-corrected chi connectivity index (χ4v) is 3.91. The summed E-state index contributed by atoms with van der Waals surface area (Å²) in [5.74, 6) is 0.00823. The molecule has 3 nitrogen and oxygen atoms in total. The molecule has 0 amide bonds. The third-order valence-electron chi connectivity index (χ3n) is 5.44. The SMILES string of the molecule is CCOC(=O)C1CN(Cc2ccccc2)CC1c1ccc(C(C)(C)C)cc1. The van der Waals surface area contributed by atoms with Crippen LogP contribution in [0.25, 0.3) is 0 Å². The van der Waals surface area contributed by atoms with Crippen LogP contribution in [0.1, 0.15) is 50.3 Å². The van der Waals surface area contributed by atoms with Crippen LogP contribution in [0.5, 0.6) is 0 Å². The van der Waals surface area contributed by atoms with Crippen molar-refractivity contribution in [3.05, 3.63) is 71.3 Å². The molecule has 2 aromatic rings. The minimum Gasteiger partial charge on any atom is -0.466 e. The number of benzene rings is 2. The number of esters is 1. The average Bonchev–Trinajstić information content (AvgIpc) is 3.06. The minimum absolute atomic E-state index is 0.0713. The zero-order valence-electron chi connectivity index (χ0n) is 16.9. The van der Waals surface area contributed by atoms with Gasteiger partial charge in [0, 0.05) is 25.6 Å². The number of hydrogen-bond donors (Lipinski definition) is 0. The summed E-state index contributed by atoms with van der Waals surface area (Å²) in [5, 5.41) is 0. The highest BCUT2D eigenvalue weighted by Gasteiger charge is 2.39. The van der Waals surface area contributed by atoms with Crippen molar-refractivity contribution >= 4 is 5.97 Å². The Labute approximate surface area is 163 Å². The average molecular weight is 366 g/mol. The van der Waals surface area contributed by atoms with Crippen LogP contribution < -0.4 is 0 Å². The van der Waals surface area contributed by atoms with E-state index in [4.69, 9.17) is 4.74 Å². The van der Waals surface area contributed by atoms with Gasteiger partial charge in [-0.15, -0.1) is 0 Å². The molecule has 1 aliphatic rings. The van der Waals surface area contributed by atoms with Crippen LogP contribution in [0.15, 0.2) is 54.6 Å². The molecule has 0 spiro atoms. The molecule has 1 saturated heterocycles. The van der Waals surface area contributed by atoms with E-state index in [1.165, 1.54) is 16.7 Å². The highest BCUT2D eigenvalue weighted by molar-refractivity contribution is 5.74. The van der Waals surface area contributed by atoms with Crippen molar-refractivity contribution in [3.8, 4) is 0 Å². The van der Waals surface area contributed by atoms with E-state index in [1.807, 2.05) is 13.0 Å². The molecule has 27 heavy (non-hydrogen) atoms. The summed E-state index contributed by atoms with van der Waals surface area (Å²) in [6.45, 7) is 11.5. The number of rotatable bonds is 5. The fraction of sp³-hybridized carbons (Fsp3) is 0.458. The first-order valence-electron chi connectivity index (χ1n) is 9.92. The number of ether oxygens (including phenoxy) is 1. The molecule has 3 heteroatoms. The summed E-state index contributed by atoms with van der Waals surface area (Å²) < 4.78 is 5.39. The Hall–Kier alpha value is -2.13. The number of carbonyl (C=O) groups is 1. The first kappa shape index (κ1) is 19.6. The van der Waals surface area contributed by atoms with Crippen molar-refractivity contribution in [2.45, 2.75) is 45.6 Å². The smallest absolute Gasteiger partial charge is 0.310 e. The molecular weight excluding hydrogens is 334 g/mol. The molecule has 1 aliphatic heterocycles. The summed E-state index contributed by atoms with van der Waals surface area (Å²) in [7, 11) is 0. The van der Waals surface area contributed by atoms with Gasteiger partial charge in [0.2, 0.25) is 0 Å². The van der Waals surface area contributed by atoms with Gasteiger partial charge in [-0.3, -0.25) is 9.69 Å². The molecule has 0 aliphatic carbocycles. The lowest BCUT2D eigenvalue weighted by molar-refractivity contribution is -0.148. The van der Waals surface area contributed by atoms with E-state index in [1.54, 1.807) is 0 Å². The van der Waals surface area contributed by atoms with Gasteiger partial charge in [0.1, 0.15) is 0 Å². The fourth-order valence-electron chi connectivity index (χ4n) is 3.91. The Morgan fingerprint density at radius 1 is 1.04 bits per heavy atom. The Morgan fingerprint density at radius 2 is 1.70 bits per heavy atom. The molecule has 2 atom stereocenters. The monoisotopic (exact) mass is 365 g/mol.